The quantitative estimate of drug-likeness (QED) is 0.769. The van der Waals surface area contributed by atoms with Gasteiger partial charge in [0.15, 0.2) is 0 Å². The average molecular weight is 207 g/mol. The highest BCUT2D eigenvalue weighted by atomic mass is 15.3. The Labute approximate surface area is 91.7 Å². The highest BCUT2D eigenvalue weighted by Gasteiger charge is 2.26. The molecule has 0 radical (unpaired) electrons. The van der Waals surface area contributed by atoms with E-state index in [1.165, 1.54) is 19.3 Å². The first-order chi connectivity index (χ1) is 7.09. The molecule has 84 valence electrons. The second-order valence-corrected chi connectivity index (χ2v) is 5.05. The van der Waals surface area contributed by atoms with E-state index in [-0.39, 0.29) is 0 Å². The third-order valence-electron chi connectivity index (χ3n) is 4.00. The first-order valence-corrected chi connectivity index (χ1v) is 5.89. The number of hydrogen-bond donors (Lipinski definition) is 1. The molecule has 3 unspecified atom stereocenters. The van der Waals surface area contributed by atoms with Crippen molar-refractivity contribution < 1.29 is 0 Å². The summed E-state index contributed by atoms with van der Waals surface area (Å²) < 4.78 is 2.12. The van der Waals surface area contributed by atoms with Crippen molar-refractivity contribution in [2.24, 2.45) is 11.8 Å². The van der Waals surface area contributed by atoms with Crippen molar-refractivity contribution in [1.82, 2.24) is 9.78 Å². The first kappa shape index (κ1) is 10.5. The summed E-state index contributed by atoms with van der Waals surface area (Å²) in [5.41, 5.74) is 7.77. The van der Waals surface area contributed by atoms with E-state index in [9.17, 15) is 0 Å². The molecule has 1 aromatic rings. The van der Waals surface area contributed by atoms with Crippen LogP contribution in [-0.2, 0) is 0 Å². The van der Waals surface area contributed by atoms with E-state index >= 15 is 0 Å². The predicted molar refractivity (Wildman–Crippen MR) is 62.6 cm³/mol. The van der Waals surface area contributed by atoms with Gasteiger partial charge in [0.05, 0.1) is 23.6 Å². The maximum absolute atomic E-state index is 5.83. The van der Waals surface area contributed by atoms with Gasteiger partial charge in [0.1, 0.15) is 0 Å². The molecule has 3 heteroatoms. The van der Waals surface area contributed by atoms with Gasteiger partial charge < -0.3 is 5.73 Å². The number of nitrogen functional groups attached to an aromatic ring is 1. The minimum Gasteiger partial charge on any atom is -0.396 e. The number of anilines is 1. The minimum atomic E-state index is 0.563. The lowest BCUT2D eigenvalue weighted by Crippen LogP contribution is -2.24. The average Bonchev–Trinajstić information content (AvgIpc) is 2.53. The molecule has 1 aromatic heterocycles. The maximum Gasteiger partial charge on any atom is 0.0730 e. The lowest BCUT2D eigenvalue weighted by Gasteiger charge is -2.32. The second kappa shape index (κ2) is 3.87. The molecule has 0 aromatic carbocycles. The summed E-state index contributed by atoms with van der Waals surface area (Å²) in [5, 5.41) is 4.39. The molecule has 3 atom stereocenters. The molecule has 2 N–H and O–H groups in total. The Bertz CT molecular complexity index is 343. The van der Waals surface area contributed by atoms with Crippen LogP contribution in [0.1, 0.15) is 44.8 Å². The topological polar surface area (TPSA) is 43.8 Å². The smallest absolute Gasteiger partial charge is 0.0730 e. The summed E-state index contributed by atoms with van der Waals surface area (Å²) in [6, 6.07) is 0.563. The molecule has 0 bridgehead atoms. The second-order valence-electron chi connectivity index (χ2n) is 5.05. The van der Waals surface area contributed by atoms with Crippen molar-refractivity contribution in [3.05, 3.63) is 11.9 Å². The molecule has 2 rings (SSSR count). The Balaban J connectivity index is 2.15. The van der Waals surface area contributed by atoms with Gasteiger partial charge in [-0.3, -0.25) is 4.68 Å². The van der Waals surface area contributed by atoms with E-state index < -0.39 is 0 Å². The van der Waals surface area contributed by atoms with Crippen molar-refractivity contribution in [3.63, 3.8) is 0 Å². The van der Waals surface area contributed by atoms with Crippen molar-refractivity contribution in [1.29, 1.82) is 0 Å². The lowest BCUT2D eigenvalue weighted by molar-refractivity contribution is 0.199. The molecule has 3 nitrogen and oxygen atoms in total. The Morgan fingerprint density at radius 3 is 2.60 bits per heavy atom. The summed E-state index contributed by atoms with van der Waals surface area (Å²) in [4.78, 5) is 0. The van der Waals surface area contributed by atoms with Crippen LogP contribution in [0, 0.1) is 18.8 Å². The molecule has 0 aliphatic heterocycles. The largest absolute Gasteiger partial charge is 0.396 e. The Morgan fingerprint density at radius 2 is 2.07 bits per heavy atom. The zero-order valence-corrected chi connectivity index (χ0v) is 9.90. The van der Waals surface area contributed by atoms with Gasteiger partial charge in [-0.05, 0) is 38.0 Å². The van der Waals surface area contributed by atoms with Crippen LogP contribution >= 0.6 is 0 Å². The fraction of sp³-hybridized carbons (Fsp3) is 0.750. The van der Waals surface area contributed by atoms with Crippen LogP contribution in [0.25, 0.3) is 0 Å². The van der Waals surface area contributed by atoms with Crippen LogP contribution < -0.4 is 5.73 Å². The van der Waals surface area contributed by atoms with Crippen LogP contribution in [0.2, 0.25) is 0 Å². The van der Waals surface area contributed by atoms with Crippen molar-refractivity contribution in [3.8, 4) is 0 Å². The van der Waals surface area contributed by atoms with Gasteiger partial charge in [-0.1, -0.05) is 13.8 Å². The van der Waals surface area contributed by atoms with Gasteiger partial charge in [-0.15, -0.1) is 0 Å². The maximum atomic E-state index is 5.83. The summed E-state index contributed by atoms with van der Waals surface area (Å²) >= 11 is 0. The van der Waals surface area contributed by atoms with Crippen molar-refractivity contribution >= 4 is 5.69 Å². The van der Waals surface area contributed by atoms with E-state index in [0.29, 0.717) is 6.04 Å². The van der Waals surface area contributed by atoms with Gasteiger partial charge in [0.2, 0.25) is 0 Å². The predicted octanol–water partition coefficient (Wildman–Crippen LogP) is 2.77. The van der Waals surface area contributed by atoms with Crippen LogP contribution in [0.5, 0.6) is 0 Å². The Kier molecular flexibility index (Phi) is 2.72. The third kappa shape index (κ3) is 1.87. The summed E-state index contributed by atoms with van der Waals surface area (Å²) in [6.45, 7) is 6.76. The molecule has 15 heavy (non-hydrogen) atoms. The normalized spacial score (nSPS) is 31.8. The molecule has 0 amide bonds. The van der Waals surface area contributed by atoms with Gasteiger partial charge in [-0.2, -0.15) is 5.10 Å². The number of rotatable bonds is 1. The zero-order valence-electron chi connectivity index (χ0n) is 9.90. The van der Waals surface area contributed by atoms with Crippen LogP contribution in [0.3, 0.4) is 0 Å². The number of nitrogens with two attached hydrogens (primary N) is 1. The number of aromatic nitrogens is 2. The Morgan fingerprint density at radius 1 is 1.33 bits per heavy atom. The molecular weight excluding hydrogens is 186 g/mol. The van der Waals surface area contributed by atoms with E-state index in [4.69, 9.17) is 5.73 Å². The van der Waals surface area contributed by atoms with Crippen LogP contribution in [0.15, 0.2) is 6.20 Å². The monoisotopic (exact) mass is 207 g/mol. The van der Waals surface area contributed by atoms with Gasteiger partial charge in [0, 0.05) is 0 Å². The number of nitrogens with zero attached hydrogens (tertiary/aromatic N) is 2. The van der Waals surface area contributed by atoms with Crippen molar-refractivity contribution in [2.75, 3.05) is 5.73 Å². The molecule has 1 saturated carbocycles. The summed E-state index contributed by atoms with van der Waals surface area (Å²) in [5.74, 6) is 1.66. The van der Waals surface area contributed by atoms with E-state index in [0.717, 1.165) is 23.2 Å². The highest BCUT2D eigenvalue weighted by molar-refractivity contribution is 5.39. The first-order valence-electron chi connectivity index (χ1n) is 5.89. The highest BCUT2D eigenvalue weighted by Crippen LogP contribution is 2.36. The SMILES string of the molecule is Cc1c(N)cnn1C1CCC(C)C(C)C1. The van der Waals surface area contributed by atoms with E-state index in [1.54, 1.807) is 6.20 Å². The fourth-order valence-corrected chi connectivity index (χ4v) is 2.55. The molecule has 0 spiro atoms. The standard InChI is InChI=1S/C12H21N3/c1-8-4-5-11(6-9(8)2)15-10(3)12(13)7-14-15/h7-9,11H,4-6,13H2,1-3H3. The minimum absolute atomic E-state index is 0.563. The fourth-order valence-electron chi connectivity index (χ4n) is 2.55. The summed E-state index contributed by atoms with van der Waals surface area (Å²) in [6.07, 6.45) is 5.57. The van der Waals surface area contributed by atoms with Crippen LogP contribution in [-0.4, -0.2) is 9.78 Å². The molecule has 1 aliphatic carbocycles. The van der Waals surface area contributed by atoms with Gasteiger partial charge in [0.25, 0.3) is 0 Å². The van der Waals surface area contributed by atoms with Gasteiger partial charge >= 0.3 is 0 Å². The van der Waals surface area contributed by atoms with Gasteiger partial charge in [-0.25, -0.2) is 0 Å². The molecule has 1 aliphatic rings. The summed E-state index contributed by atoms with van der Waals surface area (Å²) in [7, 11) is 0. The zero-order chi connectivity index (χ0) is 11.0. The van der Waals surface area contributed by atoms with E-state index in [1.807, 2.05) is 0 Å². The lowest BCUT2D eigenvalue weighted by atomic mass is 9.79. The third-order valence-corrected chi connectivity index (χ3v) is 4.00. The molecule has 1 heterocycles. The van der Waals surface area contributed by atoms with E-state index in [2.05, 4.69) is 30.6 Å². The van der Waals surface area contributed by atoms with Crippen LogP contribution in [0.4, 0.5) is 5.69 Å². The van der Waals surface area contributed by atoms with Crippen molar-refractivity contribution in [2.45, 2.75) is 46.1 Å². The molecule has 0 saturated heterocycles. The number of hydrogen-bond acceptors (Lipinski definition) is 2. The molecular formula is C12H21N3. The molecule has 1 fully saturated rings. The Hall–Kier alpha value is -0.990.